The van der Waals surface area contributed by atoms with Crippen LogP contribution in [0.3, 0.4) is 0 Å². The van der Waals surface area contributed by atoms with E-state index < -0.39 is 0 Å². The van der Waals surface area contributed by atoms with Crippen molar-refractivity contribution >= 4 is 11.6 Å². The first-order chi connectivity index (χ1) is 7.74. The Balaban J connectivity index is 0.00000256. The fourth-order valence-electron chi connectivity index (χ4n) is 1.57. The third-order valence-corrected chi connectivity index (χ3v) is 2.54. The van der Waals surface area contributed by atoms with Crippen molar-refractivity contribution in [2.75, 3.05) is 7.05 Å². The highest BCUT2D eigenvalue weighted by Gasteiger charge is 2.09. The first-order valence-electron chi connectivity index (χ1n) is 5.93. The van der Waals surface area contributed by atoms with Gasteiger partial charge in [-0.05, 0) is 6.42 Å². The van der Waals surface area contributed by atoms with E-state index >= 15 is 0 Å². The van der Waals surface area contributed by atoms with Gasteiger partial charge in [-0.15, -0.1) is 0 Å². The minimum Gasteiger partial charge on any atom is -1.00 e. The maximum absolute atomic E-state index is 11.6. The molecule has 0 radical (unpaired) electrons. The first-order valence-corrected chi connectivity index (χ1v) is 5.93. The van der Waals surface area contributed by atoms with Gasteiger partial charge in [0.15, 0.2) is 5.69 Å². The maximum atomic E-state index is 11.6. The van der Waals surface area contributed by atoms with Crippen molar-refractivity contribution in [3.8, 4) is 0 Å². The predicted octanol–water partition coefficient (Wildman–Crippen LogP) is -1.55. The van der Waals surface area contributed by atoms with Crippen LogP contribution < -0.4 is 22.8 Å². The van der Waals surface area contributed by atoms with Crippen LogP contribution in [0, 0.1) is 0 Å². The van der Waals surface area contributed by atoms with Crippen molar-refractivity contribution in [3.05, 3.63) is 30.3 Å². The molecule has 0 bridgehead atoms. The summed E-state index contributed by atoms with van der Waals surface area (Å²) in [7, 11) is 1.94. The summed E-state index contributed by atoms with van der Waals surface area (Å²) >= 11 is 0. The Hall–Kier alpha value is -1.06. The molecule has 0 saturated carbocycles. The van der Waals surface area contributed by atoms with Gasteiger partial charge in [-0.1, -0.05) is 38.0 Å². The fourth-order valence-corrected chi connectivity index (χ4v) is 1.57. The number of para-hydroxylation sites is 1. The largest absolute Gasteiger partial charge is 1.00 e. The van der Waals surface area contributed by atoms with E-state index in [1.54, 1.807) is 0 Å². The second kappa shape index (κ2) is 9.02. The standard InChI is InChI=1S/C13H20N2O.ClH/c1-3-4-6-11-13(16)14-15(2)12-9-7-5-8-10-12;/h5,7-10H,3-4,6,11H2,1-2H3,(H,14,16);1H. The lowest BCUT2D eigenvalue weighted by molar-refractivity contribution is -0.850. The molecule has 0 aliphatic rings. The molecule has 0 saturated heterocycles. The van der Waals surface area contributed by atoms with Gasteiger partial charge in [0.05, 0.1) is 7.05 Å². The van der Waals surface area contributed by atoms with Gasteiger partial charge >= 0.3 is 0 Å². The topological polar surface area (TPSA) is 33.5 Å². The number of halogens is 1. The van der Waals surface area contributed by atoms with Crippen LogP contribution in [0.4, 0.5) is 5.69 Å². The number of quaternary nitrogens is 1. The number of rotatable bonds is 6. The van der Waals surface area contributed by atoms with Crippen LogP contribution in [0.1, 0.15) is 32.6 Å². The number of carbonyl (C=O) groups is 1. The lowest BCUT2D eigenvalue weighted by atomic mass is 10.2. The molecule has 3 nitrogen and oxygen atoms in total. The Morgan fingerprint density at radius 1 is 1.24 bits per heavy atom. The highest BCUT2D eigenvalue weighted by molar-refractivity contribution is 5.74. The Labute approximate surface area is 110 Å². The van der Waals surface area contributed by atoms with Gasteiger partial charge in [-0.3, -0.25) is 4.79 Å². The smallest absolute Gasteiger partial charge is 0.265 e. The van der Waals surface area contributed by atoms with Gasteiger partial charge in [-0.2, -0.15) is 5.43 Å². The SMILES string of the molecule is CCCCCC(=O)N[NH+](C)c1ccccc1.[Cl-]. The van der Waals surface area contributed by atoms with E-state index in [1.165, 1.54) is 0 Å². The quantitative estimate of drug-likeness (QED) is 0.469. The molecule has 0 aliphatic heterocycles. The molecule has 96 valence electrons. The molecule has 1 aromatic rings. The Kier molecular flexibility index (Phi) is 8.46. The van der Waals surface area contributed by atoms with E-state index in [0.717, 1.165) is 30.0 Å². The van der Waals surface area contributed by atoms with Gasteiger partial charge in [-0.25, -0.2) is 5.01 Å². The van der Waals surface area contributed by atoms with Gasteiger partial charge in [0.1, 0.15) is 0 Å². The number of amides is 1. The number of nitrogens with one attached hydrogen (secondary N) is 2. The minimum absolute atomic E-state index is 0. The Bertz CT molecular complexity index is 316. The monoisotopic (exact) mass is 256 g/mol. The molecule has 0 heterocycles. The van der Waals surface area contributed by atoms with Crippen molar-refractivity contribution < 1.29 is 22.2 Å². The second-order valence-electron chi connectivity index (χ2n) is 4.00. The summed E-state index contributed by atoms with van der Waals surface area (Å²) in [6, 6.07) is 9.92. The van der Waals surface area contributed by atoms with Crippen LogP contribution in [0.2, 0.25) is 0 Å². The van der Waals surface area contributed by atoms with Crippen LogP contribution in [0.5, 0.6) is 0 Å². The minimum atomic E-state index is 0. The summed E-state index contributed by atoms with van der Waals surface area (Å²) in [6.45, 7) is 2.14. The van der Waals surface area contributed by atoms with Crippen molar-refractivity contribution in [1.29, 1.82) is 0 Å². The zero-order chi connectivity index (χ0) is 11.8. The average Bonchev–Trinajstić information content (AvgIpc) is 2.30. The third-order valence-electron chi connectivity index (χ3n) is 2.54. The summed E-state index contributed by atoms with van der Waals surface area (Å²) in [6.07, 6.45) is 3.87. The molecule has 2 N–H and O–H groups in total. The van der Waals surface area contributed by atoms with Crippen molar-refractivity contribution in [2.45, 2.75) is 32.6 Å². The summed E-state index contributed by atoms with van der Waals surface area (Å²) in [5.74, 6) is 0.120. The number of benzene rings is 1. The highest BCUT2D eigenvalue weighted by atomic mass is 35.5. The van der Waals surface area contributed by atoms with Crippen molar-refractivity contribution in [3.63, 3.8) is 0 Å². The zero-order valence-corrected chi connectivity index (χ0v) is 11.3. The number of carbonyl (C=O) groups excluding carboxylic acids is 1. The molecule has 1 atom stereocenters. The summed E-state index contributed by atoms with van der Waals surface area (Å²) in [4.78, 5) is 11.6. The third kappa shape index (κ3) is 6.29. The summed E-state index contributed by atoms with van der Waals surface area (Å²) in [5, 5.41) is 0.932. The van der Waals surface area contributed by atoms with Crippen LogP contribution >= 0.6 is 0 Å². The number of hydrogen-bond donors (Lipinski definition) is 2. The van der Waals surface area contributed by atoms with E-state index in [0.29, 0.717) is 6.42 Å². The predicted molar refractivity (Wildman–Crippen MR) is 65.3 cm³/mol. The maximum Gasteiger partial charge on any atom is 0.265 e. The lowest BCUT2D eigenvalue weighted by Gasteiger charge is -2.13. The van der Waals surface area contributed by atoms with Gasteiger partial charge in [0, 0.05) is 18.6 Å². The van der Waals surface area contributed by atoms with E-state index in [2.05, 4.69) is 12.3 Å². The number of unbranched alkanes of at least 4 members (excludes halogenated alkanes) is 2. The molecule has 1 aromatic carbocycles. The molecule has 1 amide bonds. The molecule has 17 heavy (non-hydrogen) atoms. The van der Waals surface area contributed by atoms with E-state index in [4.69, 9.17) is 0 Å². The van der Waals surface area contributed by atoms with Gasteiger partial charge in [0.25, 0.3) is 5.91 Å². The van der Waals surface area contributed by atoms with Crippen LogP contribution in [0.15, 0.2) is 30.3 Å². The molecule has 4 heteroatoms. The summed E-state index contributed by atoms with van der Waals surface area (Å²) in [5.41, 5.74) is 4.01. The highest BCUT2D eigenvalue weighted by Crippen LogP contribution is 1.99. The Morgan fingerprint density at radius 2 is 1.88 bits per heavy atom. The van der Waals surface area contributed by atoms with Gasteiger partial charge < -0.3 is 12.4 Å². The van der Waals surface area contributed by atoms with Crippen LogP contribution in [-0.4, -0.2) is 13.0 Å². The molecule has 1 unspecified atom stereocenters. The van der Waals surface area contributed by atoms with Crippen molar-refractivity contribution in [1.82, 2.24) is 5.43 Å². The normalized spacial score (nSPS) is 11.4. The molecule has 0 aliphatic carbocycles. The number of hydrogen-bond acceptors (Lipinski definition) is 1. The summed E-state index contributed by atoms with van der Waals surface area (Å²) < 4.78 is 0. The van der Waals surface area contributed by atoms with E-state index in [1.807, 2.05) is 37.4 Å². The van der Waals surface area contributed by atoms with Crippen LogP contribution in [-0.2, 0) is 4.79 Å². The Morgan fingerprint density at radius 3 is 2.47 bits per heavy atom. The molecule has 0 spiro atoms. The van der Waals surface area contributed by atoms with Gasteiger partial charge in [0.2, 0.25) is 0 Å². The molecular weight excluding hydrogens is 236 g/mol. The second-order valence-corrected chi connectivity index (χ2v) is 4.00. The van der Waals surface area contributed by atoms with E-state index in [-0.39, 0.29) is 18.3 Å². The average molecular weight is 257 g/mol. The zero-order valence-electron chi connectivity index (χ0n) is 10.5. The molecular formula is C13H21ClN2O. The van der Waals surface area contributed by atoms with E-state index in [9.17, 15) is 4.79 Å². The lowest BCUT2D eigenvalue weighted by Crippen LogP contribution is -3.12. The first kappa shape index (κ1) is 15.9. The van der Waals surface area contributed by atoms with Crippen molar-refractivity contribution in [2.24, 2.45) is 0 Å². The van der Waals surface area contributed by atoms with Crippen LogP contribution in [0.25, 0.3) is 0 Å². The fraction of sp³-hybridized carbons (Fsp3) is 0.462. The molecule has 0 fully saturated rings. The molecule has 0 aromatic heterocycles. The molecule has 1 rings (SSSR count).